The lowest BCUT2D eigenvalue weighted by Gasteiger charge is -2.39. The normalized spacial score (nSPS) is 15.3. The summed E-state index contributed by atoms with van der Waals surface area (Å²) in [5.41, 5.74) is 8.18. The van der Waals surface area contributed by atoms with E-state index in [4.69, 9.17) is 0 Å². The lowest BCUT2D eigenvalue weighted by Crippen LogP contribution is -2.45. The summed E-state index contributed by atoms with van der Waals surface area (Å²) >= 11 is 0. The zero-order chi connectivity index (χ0) is 15.7. The zero-order valence-corrected chi connectivity index (χ0v) is 14.2. The first kappa shape index (κ1) is 15.0. The Kier molecular flexibility index (Phi) is 4.10. The van der Waals surface area contributed by atoms with E-state index in [0.29, 0.717) is 0 Å². The van der Waals surface area contributed by atoms with Gasteiger partial charge in [0.25, 0.3) is 0 Å². The van der Waals surface area contributed by atoms with Crippen LogP contribution in [0.25, 0.3) is 0 Å². The van der Waals surface area contributed by atoms with Crippen LogP contribution >= 0.6 is 0 Å². The highest BCUT2D eigenvalue weighted by atomic mass is 15.3. The third kappa shape index (κ3) is 2.96. The van der Waals surface area contributed by atoms with Crippen molar-refractivity contribution in [1.82, 2.24) is 0 Å². The molecule has 0 atom stereocenters. The number of nitrogens with zero attached hydrogens (tertiary/aromatic N) is 2. The first-order valence-corrected chi connectivity index (χ1v) is 8.19. The second-order valence-corrected chi connectivity index (χ2v) is 6.60. The maximum atomic E-state index is 2.51. The van der Waals surface area contributed by atoms with Crippen molar-refractivity contribution in [2.24, 2.45) is 0 Å². The molecule has 1 heterocycles. The maximum Gasteiger partial charge on any atom is 0.0902 e. The number of rotatable bonds is 2. The van der Waals surface area contributed by atoms with Crippen molar-refractivity contribution in [2.75, 3.05) is 29.6 Å². The van der Waals surface area contributed by atoms with Crippen LogP contribution < -0.4 is 9.80 Å². The molecule has 0 aliphatic carbocycles. The quantitative estimate of drug-likeness (QED) is 0.799. The monoisotopic (exact) mass is 294 g/mol. The van der Waals surface area contributed by atoms with Gasteiger partial charge in [0.15, 0.2) is 0 Å². The topological polar surface area (TPSA) is 6.48 Å². The second-order valence-electron chi connectivity index (χ2n) is 6.60. The fourth-order valence-electron chi connectivity index (χ4n) is 3.51. The van der Waals surface area contributed by atoms with E-state index >= 15 is 0 Å². The smallest absolute Gasteiger partial charge is 0.0902 e. The summed E-state index contributed by atoms with van der Waals surface area (Å²) in [6.45, 7) is 12.0. The highest BCUT2D eigenvalue weighted by Crippen LogP contribution is 2.28. The summed E-state index contributed by atoms with van der Waals surface area (Å²) in [5.74, 6) is 0. The molecule has 0 bridgehead atoms. The van der Waals surface area contributed by atoms with Crippen molar-refractivity contribution in [3.05, 3.63) is 58.7 Å². The lowest BCUT2D eigenvalue weighted by molar-refractivity contribution is 0.613. The Morgan fingerprint density at radius 3 is 1.55 bits per heavy atom. The van der Waals surface area contributed by atoms with Crippen LogP contribution in [-0.2, 0) is 0 Å². The minimum Gasteiger partial charge on any atom is -0.354 e. The number of benzene rings is 2. The average molecular weight is 294 g/mol. The van der Waals surface area contributed by atoms with Gasteiger partial charge in [-0.1, -0.05) is 35.4 Å². The lowest BCUT2D eigenvalue weighted by atomic mass is 10.1. The maximum absolute atomic E-state index is 2.51. The van der Waals surface area contributed by atoms with Gasteiger partial charge in [0, 0.05) is 24.5 Å². The van der Waals surface area contributed by atoms with Crippen molar-refractivity contribution in [2.45, 2.75) is 34.1 Å². The van der Waals surface area contributed by atoms with Crippen LogP contribution in [0.5, 0.6) is 0 Å². The molecule has 0 radical (unpaired) electrons. The standard InChI is InChI=1S/C20H26N2/c1-15-6-8-19(17(3)12-15)21-10-5-11-22(14-21)20-9-7-16(2)13-18(20)4/h6-9,12-13H,5,10-11,14H2,1-4H3. The van der Waals surface area contributed by atoms with E-state index < -0.39 is 0 Å². The molecule has 3 rings (SSSR count). The number of hydrogen-bond acceptors (Lipinski definition) is 2. The molecular formula is C20H26N2. The summed E-state index contributed by atoms with van der Waals surface area (Å²) in [4.78, 5) is 5.02. The van der Waals surface area contributed by atoms with Crippen LogP contribution in [0.2, 0.25) is 0 Å². The molecule has 0 amide bonds. The van der Waals surface area contributed by atoms with Gasteiger partial charge in [-0.3, -0.25) is 0 Å². The summed E-state index contributed by atoms with van der Waals surface area (Å²) in [5, 5.41) is 0. The van der Waals surface area contributed by atoms with Gasteiger partial charge in [0.05, 0.1) is 6.67 Å². The van der Waals surface area contributed by atoms with Crippen molar-refractivity contribution in [3.63, 3.8) is 0 Å². The SMILES string of the molecule is Cc1ccc(N2CCCN(c3ccc(C)cc3C)C2)c(C)c1. The van der Waals surface area contributed by atoms with E-state index in [1.807, 2.05) is 0 Å². The Labute approximate surface area is 134 Å². The first-order valence-electron chi connectivity index (χ1n) is 8.19. The molecule has 22 heavy (non-hydrogen) atoms. The largest absolute Gasteiger partial charge is 0.354 e. The molecule has 1 aliphatic rings. The van der Waals surface area contributed by atoms with Gasteiger partial charge in [-0.05, 0) is 57.4 Å². The van der Waals surface area contributed by atoms with Crippen LogP contribution in [0.3, 0.4) is 0 Å². The first-order chi connectivity index (χ1) is 10.5. The fraction of sp³-hybridized carbons (Fsp3) is 0.400. The van der Waals surface area contributed by atoms with Crippen LogP contribution in [0.1, 0.15) is 28.7 Å². The Balaban J connectivity index is 1.85. The van der Waals surface area contributed by atoms with E-state index in [2.05, 4.69) is 73.9 Å². The zero-order valence-electron chi connectivity index (χ0n) is 14.2. The minimum absolute atomic E-state index is 0.980. The number of hydrogen-bond donors (Lipinski definition) is 0. The van der Waals surface area contributed by atoms with Crippen LogP contribution in [0.15, 0.2) is 36.4 Å². The molecule has 0 saturated carbocycles. The summed E-state index contributed by atoms with van der Waals surface area (Å²) in [6.07, 6.45) is 1.21. The van der Waals surface area contributed by atoms with Gasteiger partial charge in [-0.25, -0.2) is 0 Å². The molecule has 1 aliphatic heterocycles. The van der Waals surface area contributed by atoms with E-state index in [1.165, 1.54) is 40.0 Å². The Morgan fingerprint density at radius 1 is 0.682 bits per heavy atom. The average Bonchev–Trinajstić information content (AvgIpc) is 2.47. The third-order valence-electron chi connectivity index (χ3n) is 4.58. The van der Waals surface area contributed by atoms with E-state index in [-0.39, 0.29) is 0 Å². The summed E-state index contributed by atoms with van der Waals surface area (Å²) < 4.78 is 0. The van der Waals surface area contributed by atoms with Gasteiger partial charge < -0.3 is 9.80 Å². The van der Waals surface area contributed by atoms with Crippen molar-refractivity contribution >= 4 is 11.4 Å². The molecule has 1 saturated heterocycles. The highest BCUT2D eigenvalue weighted by Gasteiger charge is 2.20. The number of aryl methyl sites for hydroxylation is 4. The second kappa shape index (κ2) is 6.04. The molecular weight excluding hydrogens is 268 g/mol. The minimum atomic E-state index is 0.980. The van der Waals surface area contributed by atoms with Crippen LogP contribution in [-0.4, -0.2) is 19.8 Å². The molecule has 0 aromatic heterocycles. The molecule has 116 valence electrons. The molecule has 2 aromatic rings. The summed E-state index contributed by atoms with van der Waals surface area (Å²) in [6, 6.07) is 13.6. The van der Waals surface area contributed by atoms with Crippen molar-refractivity contribution < 1.29 is 0 Å². The predicted molar refractivity (Wildman–Crippen MR) is 96.0 cm³/mol. The molecule has 2 aromatic carbocycles. The van der Waals surface area contributed by atoms with Gasteiger partial charge in [-0.15, -0.1) is 0 Å². The molecule has 1 fully saturated rings. The predicted octanol–water partition coefficient (Wildman–Crippen LogP) is 4.59. The van der Waals surface area contributed by atoms with Crippen LogP contribution in [0, 0.1) is 27.7 Å². The highest BCUT2D eigenvalue weighted by molar-refractivity contribution is 5.59. The van der Waals surface area contributed by atoms with Crippen molar-refractivity contribution in [3.8, 4) is 0 Å². The van der Waals surface area contributed by atoms with Crippen LogP contribution in [0.4, 0.5) is 11.4 Å². The van der Waals surface area contributed by atoms with Gasteiger partial charge in [-0.2, -0.15) is 0 Å². The van der Waals surface area contributed by atoms with Gasteiger partial charge in [0.1, 0.15) is 0 Å². The van der Waals surface area contributed by atoms with E-state index in [0.717, 1.165) is 19.8 Å². The molecule has 0 unspecified atom stereocenters. The van der Waals surface area contributed by atoms with Gasteiger partial charge >= 0.3 is 0 Å². The Morgan fingerprint density at radius 2 is 1.14 bits per heavy atom. The Bertz CT molecular complexity index is 618. The summed E-state index contributed by atoms with van der Waals surface area (Å²) in [7, 11) is 0. The molecule has 2 heteroatoms. The molecule has 2 nitrogen and oxygen atoms in total. The van der Waals surface area contributed by atoms with E-state index in [9.17, 15) is 0 Å². The molecule has 0 spiro atoms. The Hall–Kier alpha value is -1.96. The van der Waals surface area contributed by atoms with Crippen molar-refractivity contribution in [1.29, 1.82) is 0 Å². The fourth-order valence-corrected chi connectivity index (χ4v) is 3.51. The molecule has 0 N–H and O–H groups in total. The third-order valence-corrected chi connectivity index (χ3v) is 4.58. The van der Waals surface area contributed by atoms with Gasteiger partial charge in [0.2, 0.25) is 0 Å². The van der Waals surface area contributed by atoms with E-state index in [1.54, 1.807) is 0 Å². The number of anilines is 2.